The molecule has 2 nitrogen and oxygen atoms in total. The van der Waals surface area contributed by atoms with E-state index in [4.69, 9.17) is 4.74 Å². The predicted octanol–water partition coefficient (Wildman–Crippen LogP) is 2.86. The summed E-state index contributed by atoms with van der Waals surface area (Å²) in [4.78, 5) is 0. The molecule has 0 saturated heterocycles. The van der Waals surface area contributed by atoms with E-state index in [0.717, 1.165) is 6.07 Å². The molecule has 1 aromatic carbocycles. The van der Waals surface area contributed by atoms with Crippen LogP contribution in [0.4, 0.5) is 13.2 Å². The van der Waals surface area contributed by atoms with Gasteiger partial charge < -0.3 is 10.1 Å². The van der Waals surface area contributed by atoms with Crippen LogP contribution in [0.2, 0.25) is 0 Å². The first-order valence-electron chi connectivity index (χ1n) is 5.14. The van der Waals surface area contributed by atoms with Crippen LogP contribution in [0, 0.1) is 0 Å². The van der Waals surface area contributed by atoms with Crippen LogP contribution >= 0.6 is 0 Å². The summed E-state index contributed by atoms with van der Waals surface area (Å²) in [5.74, 6) is -0.144. The van der Waals surface area contributed by atoms with Crippen LogP contribution in [-0.4, -0.2) is 20.2 Å². The van der Waals surface area contributed by atoms with E-state index in [9.17, 15) is 13.2 Å². The van der Waals surface area contributed by atoms with Crippen LogP contribution in [0.3, 0.4) is 0 Å². The van der Waals surface area contributed by atoms with Crippen molar-refractivity contribution < 1.29 is 17.9 Å². The maximum Gasteiger partial charge on any atom is 0.419 e. The molecular formula is C12H14F3NO. The average molecular weight is 245 g/mol. The Morgan fingerprint density at radius 3 is 2.59 bits per heavy atom. The van der Waals surface area contributed by atoms with Crippen molar-refractivity contribution >= 4 is 0 Å². The van der Waals surface area contributed by atoms with E-state index in [1.807, 2.05) is 0 Å². The fourth-order valence-electron chi connectivity index (χ4n) is 1.23. The number of halogens is 3. The zero-order valence-electron chi connectivity index (χ0n) is 9.42. The van der Waals surface area contributed by atoms with Crippen molar-refractivity contribution in [1.82, 2.24) is 5.32 Å². The molecule has 0 bridgehead atoms. The summed E-state index contributed by atoms with van der Waals surface area (Å²) in [6, 6.07) is 5.18. The van der Waals surface area contributed by atoms with E-state index in [1.54, 1.807) is 19.2 Å². The van der Waals surface area contributed by atoms with E-state index < -0.39 is 11.7 Å². The normalized spacial score (nSPS) is 12.0. The number of benzene rings is 1. The number of alkyl halides is 3. The van der Waals surface area contributed by atoms with Gasteiger partial charge in [0, 0.05) is 6.54 Å². The van der Waals surface area contributed by atoms with Crippen molar-refractivity contribution in [2.24, 2.45) is 0 Å². The SMILES string of the molecule is CNCC=CCOc1ccccc1C(F)(F)F. The first-order valence-corrected chi connectivity index (χ1v) is 5.14. The van der Waals surface area contributed by atoms with Gasteiger partial charge in [0.05, 0.1) is 5.56 Å². The highest BCUT2D eigenvalue weighted by Crippen LogP contribution is 2.35. The summed E-state index contributed by atoms with van der Waals surface area (Å²) in [7, 11) is 1.78. The molecule has 0 spiro atoms. The quantitative estimate of drug-likeness (QED) is 0.805. The van der Waals surface area contributed by atoms with Crippen molar-refractivity contribution in [3.63, 3.8) is 0 Å². The van der Waals surface area contributed by atoms with Gasteiger partial charge in [-0.15, -0.1) is 0 Å². The fourth-order valence-corrected chi connectivity index (χ4v) is 1.23. The Morgan fingerprint density at radius 1 is 1.24 bits per heavy atom. The smallest absolute Gasteiger partial charge is 0.419 e. The van der Waals surface area contributed by atoms with Gasteiger partial charge in [-0.2, -0.15) is 13.2 Å². The molecule has 1 aromatic rings. The van der Waals surface area contributed by atoms with Gasteiger partial charge in [0.1, 0.15) is 12.4 Å². The lowest BCUT2D eigenvalue weighted by molar-refractivity contribution is -0.138. The standard InChI is InChI=1S/C12H14F3NO/c1-16-8-4-5-9-17-11-7-3-2-6-10(11)12(13,14)15/h2-7,16H,8-9H2,1H3. The molecule has 0 atom stereocenters. The first-order chi connectivity index (χ1) is 8.05. The Bertz CT molecular complexity index is 374. The second-order valence-corrected chi connectivity index (χ2v) is 3.33. The van der Waals surface area contributed by atoms with Gasteiger partial charge >= 0.3 is 6.18 Å². The lowest BCUT2D eigenvalue weighted by Crippen LogP contribution is -2.09. The third kappa shape index (κ3) is 4.48. The first kappa shape index (κ1) is 13.6. The van der Waals surface area contributed by atoms with Crippen molar-refractivity contribution in [3.05, 3.63) is 42.0 Å². The largest absolute Gasteiger partial charge is 0.489 e. The monoisotopic (exact) mass is 245 g/mol. The Balaban J connectivity index is 2.65. The minimum atomic E-state index is -4.38. The predicted molar refractivity (Wildman–Crippen MR) is 60.0 cm³/mol. The molecule has 17 heavy (non-hydrogen) atoms. The zero-order valence-corrected chi connectivity index (χ0v) is 9.42. The molecule has 0 amide bonds. The van der Waals surface area contributed by atoms with Gasteiger partial charge in [-0.3, -0.25) is 0 Å². The van der Waals surface area contributed by atoms with E-state index in [1.165, 1.54) is 18.2 Å². The number of rotatable bonds is 5. The highest BCUT2D eigenvalue weighted by molar-refractivity contribution is 5.35. The number of nitrogens with one attached hydrogen (secondary N) is 1. The van der Waals surface area contributed by atoms with E-state index in [2.05, 4.69) is 5.32 Å². The highest BCUT2D eigenvalue weighted by atomic mass is 19.4. The highest BCUT2D eigenvalue weighted by Gasteiger charge is 2.33. The topological polar surface area (TPSA) is 21.3 Å². The molecule has 5 heteroatoms. The minimum Gasteiger partial charge on any atom is -0.489 e. The van der Waals surface area contributed by atoms with Gasteiger partial charge in [-0.1, -0.05) is 24.3 Å². The molecule has 1 N–H and O–H groups in total. The molecule has 1 rings (SSSR count). The molecule has 0 saturated carbocycles. The number of hydrogen-bond acceptors (Lipinski definition) is 2. The summed E-state index contributed by atoms with van der Waals surface area (Å²) in [6.45, 7) is 0.777. The molecule has 0 radical (unpaired) electrons. The molecule has 0 aliphatic carbocycles. The Hall–Kier alpha value is -1.49. The van der Waals surface area contributed by atoms with Crippen LogP contribution < -0.4 is 10.1 Å². The third-order valence-corrected chi connectivity index (χ3v) is 2.02. The summed E-state index contributed by atoms with van der Waals surface area (Å²) in [5.41, 5.74) is -0.748. The van der Waals surface area contributed by atoms with Crippen LogP contribution in [0.5, 0.6) is 5.75 Å². The Morgan fingerprint density at radius 2 is 1.94 bits per heavy atom. The minimum absolute atomic E-state index is 0.120. The average Bonchev–Trinajstić information content (AvgIpc) is 2.28. The van der Waals surface area contributed by atoms with Crippen LogP contribution in [-0.2, 0) is 6.18 Å². The lowest BCUT2D eigenvalue weighted by atomic mass is 10.2. The van der Waals surface area contributed by atoms with E-state index in [0.29, 0.717) is 6.54 Å². The fraction of sp³-hybridized carbons (Fsp3) is 0.333. The maximum atomic E-state index is 12.6. The number of ether oxygens (including phenoxy) is 1. The van der Waals surface area contributed by atoms with Gasteiger partial charge in [0.25, 0.3) is 0 Å². The molecule has 0 fully saturated rings. The van der Waals surface area contributed by atoms with E-state index in [-0.39, 0.29) is 12.4 Å². The molecule has 0 heterocycles. The van der Waals surface area contributed by atoms with Crippen LogP contribution in [0.15, 0.2) is 36.4 Å². The summed E-state index contributed by atoms with van der Waals surface area (Å²) < 4.78 is 42.8. The second-order valence-electron chi connectivity index (χ2n) is 3.33. The molecule has 0 aliphatic rings. The molecule has 0 unspecified atom stereocenters. The molecule has 94 valence electrons. The molecular weight excluding hydrogens is 231 g/mol. The molecule has 0 aliphatic heterocycles. The summed E-state index contributed by atoms with van der Waals surface area (Å²) >= 11 is 0. The summed E-state index contributed by atoms with van der Waals surface area (Å²) in [5, 5.41) is 2.88. The number of para-hydroxylation sites is 1. The van der Waals surface area contributed by atoms with Crippen LogP contribution in [0.1, 0.15) is 5.56 Å². The Labute approximate surface area is 98.1 Å². The third-order valence-electron chi connectivity index (χ3n) is 2.02. The van der Waals surface area contributed by atoms with E-state index >= 15 is 0 Å². The lowest BCUT2D eigenvalue weighted by Gasteiger charge is -2.12. The van der Waals surface area contributed by atoms with Gasteiger partial charge in [-0.05, 0) is 19.2 Å². The van der Waals surface area contributed by atoms with Crippen molar-refractivity contribution in [1.29, 1.82) is 0 Å². The second kappa shape index (κ2) is 6.30. The van der Waals surface area contributed by atoms with Gasteiger partial charge in [-0.25, -0.2) is 0 Å². The van der Waals surface area contributed by atoms with Gasteiger partial charge in [0.15, 0.2) is 0 Å². The zero-order chi connectivity index (χ0) is 12.7. The Kier molecular flexibility index (Phi) is 5.03. The number of likely N-dealkylation sites (N-methyl/N-ethyl adjacent to an activating group) is 1. The molecule has 0 aromatic heterocycles. The maximum absolute atomic E-state index is 12.6. The van der Waals surface area contributed by atoms with Crippen LogP contribution in [0.25, 0.3) is 0 Å². The van der Waals surface area contributed by atoms with Gasteiger partial charge in [0.2, 0.25) is 0 Å². The van der Waals surface area contributed by atoms with Crippen molar-refractivity contribution in [3.8, 4) is 5.75 Å². The number of hydrogen-bond donors (Lipinski definition) is 1. The van der Waals surface area contributed by atoms with Crippen molar-refractivity contribution in [2.75, 3.05) is 20.2 Å². The summed E-state index contributed by atoms with van der Waals surface area (Å²) in [6.07, 6.45) is -0.925. The van der Waals surface area contributed by atoms with Crippen molar-refractivity contribution in [2.45, 2.75) is 6.18 Å².